The summed E-state index contributed by atoms with van der Waals surface area (Å²) in [5.74, 6) is -3.52. The molecule has 3 amide bonds. The van der Waals surface area contributed by atoms with E-state index in [4.69, 9.17) is 0 Å². The Labute approximate surface area is 223 Å². The zero-order chi connectivity index (χ0) is 26.8. The summed E-state index contributed by atoms with van der Waals surface area (Å²) in [7, 11) is 0. The van der Waals surface area contributed by atoms with Gasteiger partial charge < -0.3 is 10.4 Å². The van der Waals surface area contributed by atoms with Gasteiger partial charge in [-0.05, 0) is 58.7 Å². The number of anilines is 2. The first-order chi connectivity index (χ1) is 18.9. The molecule has 4 aliphatic rings. The van der Waals surface area contributed by atoms with Gasteiger partial charge in [0, 0.05) is 23.1 Å². The van der Waals surface area contributed by atoms with Crippen LogP contribution >= 0.6 is 0 Å². The molecule has 0 unspecified atom stereocenters. The maximum Gasteiger partial charge on any atom is 0.335 e. The van der Waals surface area contributed by atoms with E-state index in [1.807, 2.05) is 24.3 Å². The van der Waals surface area contributed by atoms with Crippen LogP contribution in [0.1, 0.15) is 54.8 Å². The summed E-state index contributed by atoms with van der Waals surface area (Å²) in [5.41, 5.74) is 5.37. The van der Waals surface area contributed by atoms with Crippen molar-refractivity contribution in [3.8, 4) is 0 Å². The number of carbonyl (C=O) groups excluding carboxylic acids is 3. The molecule has 1 fully saturated rings. The van der Waals surface area contributed by atoms with Crippen LogP contribution in [0.3, 0.4) is 0 Å². The third-order valence-electron chi connectivity index (χ3n) is 8.18. The number of aromatic carboxylic acids is 1. The minimum absolute atomic E-state index is 0.0500. The largest absolute Gasteiger partial charge is 0.478 e. The Morgan fingerprint density at radius 2 is 1.15 bits per heavy atom. The molecule has 0 radical (unpaired) electrons. The van der Waals surface area contributed by atoms with E-state index in [1.54, 1.807) is 30.3 Å². The van der Waals surface area contributed by atoms with Gasteiger partial charge >= 0.3 is 5.97 Å². The maximum atomic E-state index is 14.0. The SMILES string of the molecule is O=C(O)c1cccc(NC(=O)c2cccc(N3C(=O)[C@H]4C5c6ccccc6C(c6ccccc65)[C@@H]4C3=O)c2)c1. The fourth-order valence-corrected chi connectivity index (χ4v) is 6.65. The molecule has 190 valence electrons. The van der Waals surface area contributed by atoms with Crippen LogP contribution in [0.5, 0.6) is 0 Å². The number of carboxylic acid groups (broad SMARTS) is 1. The first-order valence-corrected chi connectivity index (χ1v) is 12.7. The van der Waals surface area contributed by atoms with Gasteiger partial charge in [-0.3, -0.25) is 14.4 Å². The van der Waals surface area contributed by atoms with E-state index in [1.165, 1.54) is 23.1 Å². The predicted octanol–water partition coefficient (Wildman–Crippen LogP) is 5.03. The van der Waals surface area contributed by atoms with Gasteiger partial charge in [-0.1, -0.05) is 60.7 Å². The van der Waals surface area contributed by atoms with Crippen molar-refractivity contribution in [3.63, 3.8) is 0 Å². The van der Waals surface area contributed by atoms with Crippen LogP contribution in [0.4, 0.5) is 11.4 Å². The van der Waals surface area contributed by atoms with Gasteiger partial charge in [0.05, 0.1) is 23.1 Å². The summed E-state index contributed by atoms with van der Waals surface area (Å²) in [5, 5.41) is 11.9. The lowest BCUT2D eigenvalue weighted by atomic mass is 9.55. The van der Waals surface area contributed by atoms with Crippen molar-refractivity contribution in [1.82, 2.24) is 0 Å². The molecule has 2 bridgehead atoms. The van der Waals surface area contributed by atoms with Crippen molar-refractivity contribution in [2.24, 2.45) is 11.8 Å². The van der Waals surface area contributed by atoms with Gasteiger partial charge in [-0.15, -0.1) is 0 Å². The van der Waals surface area contributed by atoms with Crippen LogP contribution in [-0.2, 0) is 9.59 Å². The average molecular weight is 515 g/mol. The first-order valence-electron chi connectivity index (χ1n) is 12.7. The van der Waals surface area contributed by atoms with E-state index in [9.17, 15) is 24.3 Å². The van der Waals surface area contributed by atoms with Crippen LogP contribution in [0.2, 0.25) is 0 Å². The minimum Gasteiger partial charge on any atom is -0.478 e. The number of amides is 3. The number of imide groups is 1. The smallest absolute Gasteiger partial charge is 0.335 e. The number of nitrogens with zero attached hydrogens (tertiary/aromatic N) is 1. The van der Waals surface area contributed by atoms with Gasteiger partial charge in [0.25, 0.3) is 5.91 Å². The van der Waals surface area contributed by atoms with Crippen molar-refractivity contribution in [2.45, 2.75) is 11.8 Å². The van der Waals surface area contributed by atoms with E-state index in [-0.39, 0.29) is 34.8 Å². The molecule has 4 aromatic rings. The van der Waals surface area contributed by atoms with E-state index in [0.29, 0.717) is 11.4 Å². The molecule has 2 atom stereocenters. The lowest BCUT2D eigenvalue weighted by Gasteiger charge is -2.45. The van der Waals surface area contributed by atoms with Crippen LogP contribution < -0.4 is 10.2 Å². The van der Waals surface area contributed by atoms with Gasteiger partial charge in [-0.2, -0.15) is 0 Å². The molecular weight excluding hydrogens is 492 g/mol. The fraction of sp³-hybridized carbons (Fsp3) is 0.125. The Bertz CT molecular complexity index is 1610. The number of benzene rings is 4. The summed E-state index contributed by atoms with van der Waals surface area (Å²) in [4.78, 5) is 53.5. The molecule has 0 spiro atoms. The molecule has 4 aromatic carbocycles. The van der Waals surface area contributed by atoms with Gasteiger partial charge in [0.2, 0.25) is 11.8 Å². The molecule has 0 aromatic heterocycles. The van der Waals surface area contributed by atoms with E-state index in [2.05, 4.69) is 29.6 Å². The molecule has 1 heterocycles. The number of carboxylic acids is 1. The molecule has 7 heteroatoms. The van der Waals surface area contributed by atoms with E-state index in [0.717, 1.165) is 22.3 Å². The molecule has 3 aliphatic carbocycles. The van der Waals surface area contributed by atoms with Crippen molar-refractivity contribution in [1.29, 1.82) is 0 Å². The van der Waals surface area contributed by atoms with Gasteiger partial charge in [0.1, 0.15) is 0 Å². The highest BCUT2D eigenvalue weighted by Gasteiger charge is 2.61. The summed E-state index contributed by atoms with van der Waals surface area (Å²) in [6, 6.07) is 28.5. The Morgan fingerprint density at radius 3 is 1.69 bits per heavy atom. The zero-order valence-corrected chi connectivity index (χ0v) is 20.6. The summed E-state index contributed by atoms with van der Waals surface area (Å²) >= 11 is 0. The number of hydrogen-bond acceptors (Lipinski definition) is 4. The molecule has 8 rings (SSSR count). The molecule has 7 nitrogen and oxygen atoms in total. The molecule has 2 N–H and O–H groups in total. The number of hydrogen-bond donors (Lipinski definition) is 2. The van der Waals surface area contributed by atoms with Crippen molar-refractivity contribution < 1.29 is 24.3 Å². The predicted molar refractivity (Wildman–Crippen MR) is 144 cm³/mol. The fourth-order valence-electron chi connectivity index (χ4n) is 6.65. The second kappa shape index (κ2) is 8.49. The van der Waals surface area contributed by atoms with Crippen LogP contribution in [0.15, 0.2) is 97.1 Å². The highest BCUT2D eigenvalue weighted by Crippen LogP contribution is 2.61. The maximum absolute atomic E-state index is 14.0. The van der Waals surface area contributed by atoms with Crippen molar-refractivity contribution >= 4 is 35.1 Å². The minimum atomic E-state index is -1.10. The Morgan fingerprint density at radius 1 is 0.641 bits per heavy atom. The Balaban J connectivity index is 1.24. The Hall–Kier alpha value is -5.04. The van der Waals surface area contributed by atoms with E-state index < -0.39 is 23.7 Å². The standard InChI is InChI=1S/C32H22N2O5/c35-29(33-19-9-5-8-18(15-19)32(38)39)17-7-6-10-20(16-17)34-30(36)27-25-21-11-1-2-12-22(21)26(28(27)31(34)37)24-14-4-3-13-23(24)25/h1-16,25-28H,(H,33,35)(H,38,39)/t25?,26?,27-,28-/m0/s1. The number of nitrogens with one attached hydrogen (secondary N) is 1. The number of carbonyl (C=O) groups is 4. The van der Waals surface area contributed by atoms with Crippen molar-refractivity contribution in [3.05, 3.63) is 130 Å². The topological polar surface area (TPSA) is 104 Å². The second-order valence-corrected chi connectivity index (χ2v) is 10.2. The summed E-state index contributed by atoms with van der Waals surface area (Å²) in [6.45, 7) is 0. The van der Waals surface area contributed by atoms with Gasteiger partial charge in [-0.25, -0.2) is 9.69 Å². The number of rotatable bonds is 4. The molecule has 1 aliphatic heterocycles. The first kappa shape index (κ1) is 23.1. The zero-order valence-electron chi connectivity index (χ0n) is 20.6. The molecular formula is C32H22N2O5. The highest BCUT2D eigenvalue weighted by molar-refractivity contribution is 6.23. The third kappa shape index (κ3) is 3.36. The van der Waals surface area contributed by atoms with Crippen LogP contribution in [0.25, 0.3) is 0 Å². The van der Waals surface area contributed by atoms with Crippen LogP contribution in [-0.4, -0.2) is 28.8 Å². The lowest BCUT2D eigenvalue weighted by molar-refractivity contribution is -0.122. The summed E-state index contributed by atoms with van der Waals surface area (Å²) < 4.78 is 0. The summed E-state index contributed by atoms with van der Waals surface area (Å²) in [6.07, 6.45) is 0. The molecule has 1 saturated heterocycles. The molecule has 0 saturated carbocycles. The average Bonchev–Trinajstić information content (AvgIpc) is 3.23. The monoisotopic (exact) mass is 514 g/mol. The second-order valence-electron chi connectivity index (χ2n) is 10.2. The van der Waals surface area contributed by atoms with Crippen molar-refractivity contribution in [2.75, 3.05) is 10.2 Å². The molecule has 39 heavy (non-hydrogen) atoms. The van der Waals surface area contributed by atoms with Gasteiger partial charge in [0.15, 0.2) is 0 Å². The lowest BCUT2D eigenvalue weighted by Crippen LogP contribution is -2.41. The van der Waals surface area contributed by atoms with Crippen LogP contribution in [0, 0.1) is 11.8 Å². The quantitative estimate of drug-likeness (QED) is 0.372. The highest BCUT2D eigenvalue weighted by atomic mass is 16.4. The third-order valence-corrected chi connectivity index (χ3v) is 8.18. The van der Waals surface area contributed by atoms with E-state index >= 15 is 0 Å². The Kier molecular flexibility index (Phi) is 5.03. The normalized spacial score (nSPS) is 22.2.